The van der Waals surface area contributed by atoms with E-state index in [1.807, 2.05) is 23.7 Å². The van der Waals surface area contributed by atoms with Gasteiger partial charge in [0.05, 0.1) is 29.8 Å². The Labute approximate surface area is 105 Å². The highest BCUT2D eigenvalue weighted by Gasteiger charge is 2.13. The van der Waals surface area contributed by atoms with Crippen LogP contribution in [-0.4, -0.2) is 16.7 Å². The number of rotatable bonds is 3. The quantitative estimate of drug-likeness (QED) is 0.910. The highest BCUT2D eigenvalue weighted by atomic mass is 35.5. The van der Waals surface area contributed by atoms with Gasteiger partial charge in [0.1, 0.15) is 5.75 Å². The maximum atomic E-state index is 6.24. The van der Waals surface area contributed by atoms with Crippen molar-refractivity contribution in [3.05, 3.63) is 35.2 Å². The molecule has 0 bridgehead atoms. The second-order valence-electron chi connectivity index (χ2n) is 3.70. The molecule has 0 saturated heterocycles. The van der Waals surface area contributed by atoms with Gasteiger partial charge in [-0.15, -0.1) is 0 Å². The Morgan fingerprint density at radius 3 is 2.82 bits per heavy atom. The minimum atomic E-state index is 0.387. The third-order valence-corrected chi connectivity index (χ3v) is 2.95. The smallest absolute Gasteiger partial charge is 0.120 e. The second kappa shape index (κ2) is 4.77. The van der Waals surface area contributed by atoms with Crippen LogP contribution in [0.3, 0.4) is 0 Å². The van der Waals surface area contributed by atoms with Crippen LogP contribution in [0.15, 0.2) is 24.5 Å². The molecule has 5 heteroatoms. The van der Waals surface area contributed by atoms with Crippen LogP contribution in [0.4, 0.5) is 0 Å². The fourth-order valence-electron chi connectivity index (χ4n) is 1.79. The Bertz CT molecular complexity index is 537. The zero-order chi connectivity index (χ0) is 12.4. The number of aromatic nitrogens is 2. The number of nitrogens with two attached hydrogens (primary N) is 1. The maximum Gasteiger partial charge on any atom is 0.120 e. The number of methoxy groups -OCH3 is 1. The van der Waals surface area contributed by atoms with E-state index < -0.39 is 0 Å². The summed E-state index contributed by atoms with van der Waals surface area (Å²) >= 11 is 6.24. The number of ether oxygens (including phenoxy) is 1. The number of imidazole rings is 1. The predicted molar refractivity (Wildman–Crippen MR) is 68.1 cm³/mol. The molecule has 1 heterocycles. The van der Waals surface area contributed by atoms with Crippen LogP contribution in [0.5, 0.6) is 5.75 Å². The van der Waals surface area contributed by atoms with Crippen molar-refractivity contribution in [1.82, 2.24) is 9.55 Å². The number of benzene rings is 1. The fourth-order valence-corrected chi connectivity index (χ4v) is 2.05. The van der Waals surface area contributed by atoms with Crippen molar-refractivity contribution in [2.45, 2.75) is 6.54 Å². The molecular formula is C12H14ClN3O. The molecule has 17 heavy (non-hydrogen) atoms. The second-order valence-corrected chi connectivity index (χ2v) is 4.11. The molecule has 2 aromatic rings. The Balaban J connectivity index is 2.56. The van der Waals surface area contributed by atoms with Gasteiger partial charge >= 0.3 is 0 Å². The van der Waals surface area contributed by atoms with E-state index in [1.54, 1.807) is 19.5 Å². The monoisotopic (exact) mass is 251 g/mol. The van der Waals surface area contributed by atoms with Gasteiger partial charge in [-0.05, 0) is 18.2 Å². The molecule has 0 radical (unpaired) electrons. The average Bonchev–Trinajstić information content (AvgIpc) is 2.70. The summed E-state index contributed by atoms with van der Waals surface area (Å²) in [5, 5.41) is 0.627. The van der Waals surface area contributed by atoms with Crippen LogP contribution < -0.4 is 10.5 Å². The summed E-state index contributed by atoms with van der Waals surface area (Å²) in [5.41, 5.74) is 8.35. The summed E-state index contributed by atoms with van der Waals surface area (Å²) in [6.45, 7) is 0.387. The van der Waals surface area contributed by atoms with Crippen molar-refractivity contribution in [2.24, 2.45) is 12.8 Å². The molecule has 2 N–H and O–H groups in total. The molecule has 0 unspecified atom stereocenters. The van der Waals surface area contributed by atoms with Crippen molar-refractivity contribution in [3.8, 4) is 17.0 Å². The zero-order valence-electron chi connectivity index (χ0n) is 9.77. The predicted octanol–water partition coefficient (Wildman–Crippen LogP) is 2.21. The van der Waals surface area contributed by atoms with E-state index in [9.17, 15) is 0 Å². The van der Waals surface area contributed by atoms with Gasteiger partial charge < -0.3 is 15.0 Å². The molecule has 4 nitrogen and oxygen atoms in total. The van der Waals surface area contributed by atoms with Crippen molar-refractivity contribution in [1.29, 1.82) is 0 Å². The summed E-state index contributed by atoms with van der Waals surface area (Å²) in [6.07, 6.45) is 1.73. The normalized spacial score (nSPS) is 10.6. The Kier molecular flexibility index (Phi) is 3.36. The largest absolute Gasteiger partial charge is 0.497 e. The summed E-state index contributed by atoms with van der Waals surface area (Å²) < 4.78 is 7.04. The summed E-state index contributed by atoms with van der Waals surface area (Å²) in [7, 11) is 3.53. The molecule has 1 aromatic carbocycles. The number of nitrogens with zero attached hydrogens (tertiary/aromatic N) is 2. The van der Waals surface area contributed by atoms with E-state index in [0.717, 1.165) is 22.7 Å². The lowest BCUT2D eigenvalue weighted by atomic mass is 10.1. The Morgan fingerprint density at radius 2 is 2.24 bits per heavy atom. The van der Waals surface area contributed by atoms with Gasteiger partial charge in [0.25, 0.3) is 0 Å². The van der Waals surface area contributed by atoms with Gasteiger partial charge in [0.15, 0.2) is 0 Å². The first kappa shape index (κ1) is 12.0. The third kappa shape index (κ3) is 2.14. The Hall–Kier alpha value is -1.52. The number of halogens is 1. The average molecular weight is 252 g/mol. The summed E-state index contributed by atoms with van der Waals surface area (Å²) in [4.78, 5) is 4.24. The standard InChI is InChI=1S/C12H14ClN3O/c1-16-7-15-11(6-14)12(16)9-4-3-8(17-2)5-10(9)13/h3-5,7H,6,14H2,1-2H3. The minimum Gasteiger partial charge on any atom is -0.497 e. The first-order chi connectivity index (χ1) is 8.17. The highest BCUT2D eigenvalue weighted by Crippen LogP contribution is 2.32. The van der Waals surface area contributed by atoms with Crippen LogP contribution in [0.1, 0.15) is 5.69 Å². The minimum absolute atomic E-state index is 0.387. The van der Waals surface area contributed by atoms with Crippen molar-refractivity contribution in [2.75, 3.05) is 7.11 Å². The van der Waals surface area contributed by atoms with E-state index >= 15 is 0 Å². The van der Waals surface area contributed by atoms with Gasteiger partial charge in [-0.1, -0.05) is 11.6 Å². The molecule has 0 aliphatic heterocycles. The molecule has 0 aliphatic rings. The molecule has 0 fully saturated rings. The molecule has 0 spiro atoms. The Morgan fingerprint density at radius 1 is 1.47 bits per heavy atom. The lowest BCUT2D eigenvalue weighted by Gasteiger charge is -2.09. The zero-order valence-corrected chi connectivity index (χ0v) is 10.5. The molecule has 0 saturated carbocycles. The molecule has 90 valence electrons. The molecule has 1 aromatic heterocycles. The van der Waals surface area contributed by atoms with Crippen molar-refractivity contribution >= 4 is 11.6 Å². The molecule has 2 rings (SSSR count). The van der Waals surface area contributed by atoms with Crippen LogP contribution >= 0.6 is 11.6 Å². The molecular weight excluding hydrogens is 238 g/mol. The number of hydrogen-bond donors (Lipinski definition) is 1. The SMILES string of the molecule is COc1ccc(-c2c(CN)ncn2C)c(Cl)c1. The topological polar surface area (TPSA) is 53.1 Å². The van der Waals surface area contributed by atoms with Crippen LogP contribution in [-0.2, 0) is 13.6 Å². The van der Waals surface area contributed by atoms with Gasteiger partial charge in [-0.2, -0.15) is 0 Å². The van der Waals surface area contributed by atoms with Gasteiger partial charge in [0.2, 0.25) is 0 Å². The number of aryl methyl sites for hydroxylation is 1. The first-order valence-electron chi connectivity index (χ1n) is 5.21. The third-order valence-electron chi connectivity index (χ3n) is 2.64. The fraction of sp³-hybridized carbons (Fsp3) is 0.250. The van der Waals surface area contributed by atoms with E-state index in [1.165, 1.54) is 0 Å². The molecule has 0 aliphatic carbocycles. The van der Waals surface area contributed by atoms with E-state index in [0.29, 0.717) is 11.6 Å². The molecule has 0 amide bonds. The van der Waals surface area contributed by atoms with Gasteiger partial charge in [-0.25, -0.2) is 4.98 Å². The van der Waals surface area contributed by atoms with Crippen LogP contribution in [0, 0.1) is 0 Å². The van der Waals surface area contributed by atoms with Crippen molar-refractivity contribution < 1.29 is 4.74 Å². The van der Waals surface area contributed by atoms with Crippen molar-refractivity contribution in [3.63, 3.8) is 0 Å². The maximum absolute atomic E-state index is 6.24. The molecule has 0 atom stereocenters. The van der Waals surface area contributed by atoms with E-state index in [-0.39, 0.29) is 0 Å². The summed E-state index contributed by atoms with van der Waals surface area (Å²) in [5.74, 6) is 0.732. The van der Waals surface area contributed by atoms with Gasteiger partial charge in [-0.3, -0.25) is 0 Å². The first-order valence-corrected chi connectivity index (χ1v) is 5.59. The highest BCUT2D eigenvalue weighted by molar-refractivity contribution is 6.33. The van der Waals surface area contributed by atoms with Gasteiger partial charge in [0, 0.05) is 19.2 Å². The van der Waals surface area contributed by atoms with Crippen LogP contribution in [0.25, 0.3) is 11.3 Å². The van der Waals surface area contributed by atoms with E-state index in [4.69, 9.17) is 22.1 Å². The lowest BCUT2D eigenvalue weighted by Crippen LogP contribution is -2.01. The summed E-state index contributed by atoms with van der Waals surface area (Å²) in [6, 6.07) is 5.57. The lowest BCUT2D eigenvalue weighted by molar-refractivity contribution is 0.415. The van der Waals surface area contributed by atoms with E-state index in [2.05, 4.69) is 4.98 Å². The number of hydrogen-bond acceptors (Lipinski definition) is 3. The van der Waals surface area contributed by atoms with Crippen LogP contribution in [0.2, 0.25) is 5.02 Å².